The molecule has 4 nitrogen and oxygen atoms in total. The molecule has 0 atom stereocenters. The summed E-state index contributed by atoms with van der Waals surface area (Å²) in [5, 5.41) is 3.78. The Balaban J connectivity index is 1.94. The van der Waals surface area contributed by atoms with E-state index in [9.17, 15) is 4.39 Å². The van der Waals surface area contributed by atoms with E-state index in [2.05, 4.69) is 5.32 Å². The monoisotopic (exact) mass is 348 g/mol. The van der Waals surface area contributed by atoms with E-state index in [1.807, 2.05) is 30.1 Å². The highest BCUT2D eigenvalue weighted by atomic mass is 32.1. The summed E-state index contributed by atoms with van der Waals surface area (Å²) in [7, 11) is 5.15. The van der Waals surface area contributed by atoms with Gasteiger partial charge in [-0.05, 0) is 42.0 Å². The SMILES string of the molecule is COc1ccc(CN(C)C(=S)NCc2ccc(F)cc2)c(OC)c1. The van der Waals surface area contributed by atoms with Crippen molar-refractivity contribution in [3.05, 3.63) is 59.4 Å². The summed E-state index contributed by atoms with van der Waals surface area (Å²) in [4.78, 5) is 1.92. The third-order valence-electron chi connectivity index (χ3n) is 3.61. The molecule has 0 amide bonds. The second kappa shape index (κ2) is 8.49. The molecule has 6 heteroatoms. The molecule has 2 aromatic rings. The van der Waals surface area contributed by atoms with E-state index in [1.54, 1.807) is 26.4 Å². The highest BCUT2D eigenvalue weighted by Gasteiger charge is 2.10. The second-order valence-corrected chi connectivity index (χ2v) is 5.71. The smallest absolute Gasteiger partial charge is 0.169 e. The molecule has 0 unspecified atom stereocenters. The van der Waals surface area contributed by atoms with Gasteiger partial charge in [0.1, 0.15) is 17.3 Å². The zero-order valence-electron chi connectivity index (χ0n) is 14.0. The fourth-order valence-electron chi connectivity index (χ4n) is 2.22. The van der Waals surface area contributed by atoms with Crippen molar-refractivity contribution in [2.75, 3.05) is 21.3 Å². The van der Waals surface area contributed by atoms with Crippen LogP contribution in [-0.4, -0.2) is 31.3 Å². The van der Waals surface area contributed by atoms with Gasteiger partial charge in [-0.2, -0.15) is 0 Å². The molecule has 0 radical (unpaired) electrons. The highest BCUT2D eigenvalue weighted by Crippen LogP contribution is 2.25. The first-order valence-electron chi connectivity index (χ1n) is 7.47. The number of ether oxygens (including phenoxy) is 2. The van der Waals surface area contributed by atoms with Gasteiger partial charge in [-0.3, -0.25) is 0 Å². The molecule has 128 valence electrons. The number of nitrogens with zero attached hydrogens (tertiary/aromatic N) is 1. The summed E-state index contributed by atoms with van der Waals surface area (Å²) < 4.78 is 23.5. The Morgan fingerprint density at radius 3 is 2.46 bits per heavy atom. The molecular formula is C18H21FN2O2S. The van der Waals surface area contributed by atoms with Crippen molar-refractivity contribution >= 4 is 17.3 Å². The summed E-state index contributed by atoms with van der Waals surface area (Å²) in [5.41, 5.74) is 1.97. The van der Waals surface area contributed by atoms with E-state index < -0.39 is 0 Å². The fraction of sp³-hybridized carbons (Fsp3) is 0.278. The highest BCUT2D eigenvalue weighted by molar-refractivity contribution is 7.80. The van der Waals surface area contributed by atoms with Crippen LogP contribution < -0.4 is 14.8 Å². The Labute approximate surface area is 147 Å². The van der Waals surface area contributed by atoms with Crippen LogP contribution in [0.3, 0.4) is 0 Å². The lowest BCUT2D eigenvalue weighted by atomic mass is 10.2. The van der Waals surface area contributed by atoms with Crippen molar-refractivity contribution in [3.8, 4) is 11.5 Å². The van der Waals surface area contributed by atoms with Crippen molar-refractivity contribution in [1.82, 2.24) is 10.2 Å². The van der Waals surface area contributed by atoms with Gasteiger partial charge in [-0.25, -0.2) is 4.39 Å². The maximum absolute atomic E-state index is 12.9. The predicted octanol–water partition coefficient (Wildman–Crippen LogP) is 3.35. The zero-order valence-corrected chi connectivity index (χ0v) is 14.8. The van der Waals surface area contributed by atoms with Crippen LogP contribution in [0.25, 0.3) is 0 Å². The molecule has 0 fully saturated rings. The summed E-state index contributed by atoms with van der Waals surface area (Å²) in [6.45, 7) is 1.14. The van der Waals surface area contributed by atoms with Crippen LogP contribution in [-0.2, 0) is 13.1 Å². The van der Waals surface area contributed by atoms with E-state index in [0.29, 0.717) is 18.2 Å². The predicted molar refractivity (Wildman–Crippen MR) is 96.9 cm³/mol. The maximum atomic E-state index is 12.9. The van der Waals surface area contributed by atoms with Crippen LogP contribution in [0, 0.1) is 5.82 Å². The summed E-state index contributed by atoms with van der Waals surface area (Å²) in [6, 6.07) is 12.0. The third-order valence-corrected chi connectivity index (χ3v) is 4.06. The van der Waals surface area contributed by atoms with Crippen LogP contribution >= 0.6 is 12.2 Å². The van der Waals surface area contributed by atoms with Gasteiger partial charge in [0, 0.05) is 31.8 Å². The first-order valence-corrected chi connectivity index (χ1v) is 7.88. The molecule has 0 bridgehead atoms. The van der Waals surface area contributed by atoms with Crippen molar-refractivity contribution in [2.24, 2.45) is 0 Å². The lowest BCUT2D eigenvalue weighted by Gasteiger charge is -2.22. The van der Waals surface area contributed by atoms with E-state index in [0.717, 1.165) is 22.6 Å². The van der Waals surface area contributed by atoms with Gasteiger partial charge in [0.2, 0.25) is 0 Å². The first-order chi connectivity index (χ1) is 11.5. The Kier molecular flexibility index (Phi) is 6.37. The molecule has 1 N–H and O–H groups in total. The van der Waals surface area contributed by atoms with E-state index in [1.165, 1.54) is 12.1 Å². The largest absolute Gasteiger partial charge is 0.497 e. The van der Waals surface area contributed by atoms with Crippen LogP contribution in [0.15, 0.2) is 42.5 Å². The van der Waals surface area contributed by atoms with Gasteiger partial charge in [-0.15, -0.1) is 0 Å². The number of hydrogen-bond donors (Lipinski definition) is 1. The molecule has 2 aromatic carbocycles. The summed E-state index contributed by atoms with van der Waals surface area (Å²) in [5.74, 6) is 1.25. The number of nitrogens with one attached hydrogen (secondary N) is 1. The van der Waals surface area contributed by atoms with Crippen molar-refractivity contribution in [3.63, 3.8) is 0 Å². The minimum Gasteiger partial charge on any atom is -0.497 e. The Morgan fingerprint density at radius 2 is 1.83 bits per heavy atom. The van der Waals surface area contributed by atoms with Crippen LogP contribution in [0.4, 0.5) is 4.39 Å². The van der Waals surface area contributed by atoms with E-state index >= 15 is 0 Å². The van der Waals surface area contributed by atoms with E-state index in [-0.39, 0.29) is 5.82 Å². The molecule has 2 rings (SSSR count). The molecule has 0 aliphatic carbocycles. The average molecular weight is 348 g/mol. The number of hydrogen-bond acceptors (Lipinski definition) is 3. The number of rotatable bonds is 6. The van der Waals surface area contributed by atoms with Crippen LogP contribution in [0.2, 0.25) is 0 Å². The third kappa shape index (κ3) is 4.83. The van der Waals surface area contributed by atoms with Gasteiger partial charge in [0.25, 0.3) is 0 Å². The van der Waals surface area contributed by atoms with Crippen molar-refractivity contribution in [2.45, 2.75) is 13.1 Å². The average Bonchev–Trinajstić information content (AvgIpc) is 2.61. The molecule has 0 saturated heterocycles. The molecule has 0 spiro atoms. The van der Waals surface area contributed by atoms with Crippen LogP contribution in [0.1, 0.15) is 11.1 Å². The topological polar surface area (TPSA) is 33.7 Å². The van der Waals surface area contributed by atoms with Gasteiger partial charge in [0.05, 0.1) is 14.2 Å². The maximum Gasteiger partial charge on any atom is 0.169 e. The molecule has 0 heterocycles. The van der Waals surface area contributed by atoms with Gasteiger partial charge in [-0.1, -0.05) is 12.1 Å². The Morgan fingerprint density at radius 1 is 1.12 bits per heavy atom. The summed E-state index contributed by atoms with van der Waals surface area (Å²) in [6.07, 6.45) is 0. The molecule has 0 saturated carbocycles. The standard InChI is InChI=1S/C18H21FN2O2S/c1-21(12-14-6-9-16(22-2)10-17(14)23-3)18(24)20-11-13-4-7-15(19)8-5-13/h4-10H,11-12H2,1-3H3,(H,20,24). The summed E-state index contributed by atoms with van der Waals surface area (Å²) >= 11 is 5.40. The Hall–Kier alpha value is -2.34. The minimum absolute atomic E-state index is 0.245. The normalized spacial score (nSPS) is 10.2. The Bertz CT molecular complexity index is 692. The van der Waals surface area contributed by atoms with E-state index in [4.69, 9.17) is 21.7 Å². The lowest BCUT2D eigenvalue weighted by Crippen LogP contribution is -2.36. The lowest BCUT2D eigenvalue weighted by molar-refractivity contribution is 0.383. The molecular weight excluding hydrogens is 327 g/mol. The molecule has 0 aliphatic heterocycles. The quantitative estimate of drug-likeness (QED) is 0.810. The number of halogens is 1. The minimum atomic E-state index is -0.245. The number of thiocarbonyl (C=S) groups is 1. The zero-order chi connectivity index (χ0) is 17.5. The fourth-order valence-corrected chi connectivity index (χ4v) is 2.36. The van der Waals surface area contributed by atoms with Crippen LogP contribution in [0.5, 0.6) is 11.5 Å². The molecule has 0 aromatic heterocycles. The van der Waals surface area contributed by atoms with Gasteiger partial charge < -0.3 is 19.7 Å². The molecule has 24 heavy (non-hydrogen) atoms. The molecule has 0 aliphatic rings. The van der Waals surface area contributed by atoms with Crippen molar-refractivity contribution < 1.29 is 13.9 Å². The first kappa shape index (κ1) is 18.0. The van der Waals surface area contributed by atoms with Gasteiger partial charge >= 0.3 is 0 Å². The second-order valence-electron chi connectivity index (χ2n) is 5.32. The van der Waals surface area contributed by atoms with Gasteiger partial charge in [0.15, 0.2) is 5.11 Å². The van der Waals surface area contributed by atoms with Crippen molar-refractivity contribution in [1.29, 1.82) is 0 Å². The number of benzene rings is 2. The number of methoxy groups -OCH3 is 2.